The Morgan fingerprint density at radius 3 is 2.50 bits per heavy atom. The van der Waals surface area contributed by atoms with Gasteiger partial charge in [-0.3, -0.25) is 4.79 Å². The Kier molecular flexibility index (Phi) is 4.42. The Balaban J connectivity index is 3.40. The van der Waals surface area contributed by atoms with E-state index in [4.69, 9.17) is 16.6 Å². The van der Waals surface area contributed by atoms with Crippen molar-refractivity contribution in [3.05, 3.63) is 0 Å². The maximum absolute atomic E-state index is 10.1. The molecule has 10 heavy (non-hydrogen) atoms. The lowest BCUT2D eigenvalue weighted by molar-refractivity contribution is -0.137. The number of hydrogen-bond acceptors (Lipinski definition) is 4. The molecule has 2 atom stereocenters. The minimum absolute atomic E-state index is 0.0506. The number of thioether (sulfide) groups is 1. The van der Waals surface area contributed by atoms with Crippen molar-refractivity contribution in [1.29, 1.82) is 0 Å². The summed E-state index contributed by atoms with van der Waals surface area (Å²) < 4.78 is 0. The second kappa shape index (κ2) is 4.54. The van der Waals surface area contributed by atoms with Gasteiger partial charge >= 0.3 is 5.97 Å². The maximum atomic E-state index is 10.1. The van der Waals surface area contributed by atoms with Crippen LogP contribution in [0.4, 0.5) is 0 Å². The fraction of sp³-hybridized carbons (Fsp3) is 0.800. The average Bonchev–Trinajstić information content (AvgIpc) is 1.82. The van der Waals surface area contributed by atoms with E-state index >= 15 is 0 Å². The Bertz CT molecular complexity index is 118. The van der Waals surface area contributed by atoms with Gasteiger partial charge in [0.15, 0.2) is 0 Å². The van der Waals surface area contributed by atoms with Crippen LogP contribution in [0.1, 0.15) is 6.92 Å². The van der Waals surface area contributed by atoms with Gasteiger partial charge in [-0.2, -0.15) is 0 Å². The highest BCUT2D eigenvalue weighted by Crippen LogP contribution is 2.04. The molecule has 60 valence electrons. The zero-order valence-electron chi connectivity index (χ0n) is 5.78. The van der Waals surface area contributed by atoms with E-state index in [-0.39, 0.29) is 5.37 Å². The number of hydrogen-bond donors (Lipinski definition) is 3. The van der Waals surface area contributed by atoms with E-state index in [1.165, 1.54) is 11.8 Å². The molecular formula is C5H12N2O2S. The predicted molar refractivity (Wildman–Crippen MR) is 41.7 cm³/mol. The van der Waals surface area contributed by atoms with Gasteiger partial charge in [0, 0.05) is 11.1 Å². The summed E-state index contributed by atoms with van der Waals surface area (Å²) >= 11 is 1.34. The topological polar surface area (TPSA) is 89.3 Å². The lowest BCUT2D eigenvalue weighted by Crippen LogP contribution is -2.33. The molecule has 0 saturated heterocycles. The molecule has 0 saturated carbocycles. The van der Waals surface area contributed by atoms with Crippen LogP contribution in [0, 0.1) is 0 Å². The van der Waals surface area contributed by atoms with Gasteiger partial charge in [-0.15, -0.1) is 11.8 Å². The van der Waals surface area contributed by atoms with Crippen molar-refractivity contribution < 1.29 is 9.90 Å². The predicted octanol–water partition coefficient (Wildman–Crippen LogP) is -0.564. The van der Waals surface area contributed by atoms with Crippen molar-refractivity contribution in [2.75, 3.05) is 5.75 Å². The third-order valence-electron chi connectivity index (χ3n) is 0.856. The molecule has 4 nitrogen and oxygen atoms in total. The van der Waals surface area contributed by atoms with Gasteiger partial charge in [0.1, 0.15) is 6.04 Å². The summed E-state index contributed by atoms with van der Waals surface area (Å²) in [4.78, 5) is 10.1. The molecule has 5 N–H and O–H groups in total. The number of carbonyl (C=O) groups is 1. The van der Waals surface area contributed by atoms with Crippen LogP contribution < -0.4 is 11.5 Å². The molecular weight excluding hydrogens is 152 g/mol. The van der Waals surface area contributed by atoms with Gasteiger partial charge in [-0.25, -0.2) is 0 Å². The van der Waals surface area contributed by atoms with Crippen LogP contribution in [0.15, 0.2) is 0 Å². The van der Waals surface area contributed by atoms with E-state index in [0.717, 1.165) is 0 Å². The van der Waals surface area contributed by atoms with Gasteiger partial charge < -0.3 is 16.6 Å². The molecule has 0 rings (SSSR count). The molecule has 0 heterocycles. The number of nitrogens with two attached hydrogens (primary N) is 2. The molecule has 0 aliphatic carbocycles. The highest BCUT2D eigenvalue weighted by atomic mass is 32.2. The quantitative estimate of drug-likeness (QED) is 0.484. The Hall–Kier alpha value is -0.260. The number of rotatable bonds is 4. The first-order chi connectivity index (χ1) is 4.54. The van der Waals surface area contributed by atoms with E-state index in [0.29, 0.717) is 5.75 Å². The third kappa shape index (κ3) is 4.60. The Labute approximate surface area is 64.0 Å². The van der Waals surface area contributed by atoms with E-state index in [1.807, 2.05) is 0 Å². The zero-order valence-corrected chi connectivity index (χ0v) is 6.60. The van der Waals surface area contributed by atoms with Gasteiger partial charge in [-0.1, -0.05) is 0 Å². The van der Waals surface area contributed by atoms with Crippen molar-refractivity contribution >= 4 is 17.7 Å². The minimum Gasteiger partial charge on any atom is -0.480 e. The molecule has 0 bridgehead atoms. The van der Waals surface area contributed by atoms with E-state index < -0.39 is 12.0 Å². The number of carboxylic acids is 1. The summed E-state index contributed by atoms with van der Waals surface area (Å²) in [5.41, 5.74) is 10.5. The molecule has 0 fully saturated rings. The monoisotopic (exact) mass is 164 g/mol. The zero-order chi connectivity index (χ0) is 8.15. The highest BCUT2D eigenvalue weighted by molar-refractivity contribution is 7.99. The largest absolute Gasteiger partial charge is 0.480 e. The summed E-state index contributed by atoms with van der Waals surface area (Å²) in [6, 6.07) is -0.795. The fourth-order valence-corrected chi connectivity index (χ4v) is 0.980. The van der Waals surface area contributed by atoms with Gasteiger partial charge in [0.05, 0.1) is 0 Å². The van der Waals surface area contributed by atoms with E-state index in [1.54, 1.807) is 6.92 Å². The first-order valence-corrected chi connectivity index (χ1v) is 3.94. The summed E-state index contributed by atoms with van der Waals surface area (Å²) in [5, 5.41) is 8.27. The van der Waals surface area contributed by atoms with Gasteiger partial charge in [0.25, 0.3) is 0 Å². The van der Waals surface area contributed by atoms with E-state index in [2.05, 4.69) is 0 Å². The maximum Gasteiger partial charge on any atom is 0.321 e. The van der Waals surface area contributed by atoms with Crippen LogP contribution in [0.3, 0.4) is 0 Å². The number of aliphatic carboxylic acids is 1. The van der Waals surface area contributed by atoms with Crippen LogP contribution in [0.2, 0.25) is 0 Å². The summed E-state index contributed by atoms with van der Waals surface area (Å²) in [6.45, 7) is 1.79. The molecule has 0 aliphatic rings. The SMILES string of the molecule is CC(N)SCC(N)C(=O)O. The second-order valence-electron chi connectivity index (χ2n) is 1.98. The van der Waals surface area contributed by atoms with Crippen LogP contribution in [0.25, 0.3) is 0 Å². The average molecular weight is 164 g/mol. The van der Waals surface area contributed by atoms with Crippen molar-refractivity contribution in [3.8, 4) is 0 Å². The van der Waals surface area contributed by atoms with Gasteiger partial charge in [-0.05, 0) is 6.92 Å². The van der Waals surface area contributed by atoms with Crippen molar-refractivity contribution in [2.45, 2.75) is 18.3 Å². The van der Waals surface area contributed by atoms with Gasteiger partial charge in [0.2, 0.25) is 0 Å². The standard InChI is InChI=1S/C5H12N2O2S/c1-3(6)10-2-4(7)5(8)9/h3-4H,2,6-7H2,1H3,(H,8,9). The molecule has 0 aromatic heterocycles. The van der Waals surface area contributed by atoms with Crippen LogP contribution in [-0.2, 0) is 4.79 Å². The normalized spacial score (nSPS) is 16.3. The van der Waals surface area contributed by atoms with Crippen molar-refractivity contribution in [2.24, 2.45) is 11.5 Å². The van der Waals surface area contributed by atoms with Crippen LogP contribution in [0.5, 0.6) is 0 Å². The summed E-state index contributed by atoms with van der Waals surface area (Å²) in [5.74, 6) is -0.611. The number of carboxylic acid groups (broad SMARTS) is 1. The minimum atomic E-state index is -0.979. The van der Waals surface area contributed by atoms with Crippen molar-refractivity contribution in [3.63, 3.8) is 0 Å². The molecule has 0 amide bonds. The lowest BCUT2D eigenvalue weighted by atomic mass is 10.4. The molecule has 0 spiro atoms. The first kappa shape index (κ1) is 9.74. The smallest absolute Gasteiger partial charge is 0.321 e. The fourth-order valence-electron chi connectivity index (χ4n) is 0.327. The Morgan fingerprint density at radius 2 is 2.20 bits per heavy atom. The Morgan fingerprint density at radius 1 is 1.70 bits per heavy atom. The molecule has 5 heteroatoms. The summed E-state index contributed by atoms with van der Waals surface area (Å²) in [6.07, 6.45) is 0. The van der Waals surface area contributed by atoms with Crippen LogP contribution in [-0.4, -0.2) is 28.2 Å². The molecule has 0 radical (unpaired) electrons. The second-order valence-corrected chi connectivity index (χ2v) is 3.39. The molecule has 2 unspecified atom stereocenters. The third-order valence-corrected chi connectivity index (χ3v) is 1.93. The van der Waals surface area contributed by atoms with Crippen LogP contribution >= 0.6 is 11.8 Å². The van der Waals surface area contributed by atoms with Crippen molar-refractivity contribution in [1.82, 2.24) is 0 Å². The summed E-state index contributed by atoms with van der Waals surface area (Å²) in [7, 11) is 0. The molecule has 0 aliphatic heterocycles. The highest BCUT2D eigenvalue weighted by Gasteiger charge is 2.11. The lowest BCUT2D eigenvalue weighted by Gasteiger charge is -2.07. The molecule has 0 aromatic carbocycles. The first-order valence-electron chi connectivity index (χ1n) is 2.89. The molecule has 0 aromatic rings. The van der Waals surface area contributed by atoms with E-state index in [9.17, 15) is 4.79 Å².